The molecule has 3 aromatic rings. The molecule has 2 aromatic carbocycles. The standard InChI is InChI=1S/C18H16ClN3O2/c19-14-7-5-13(6-8-14)18-17-15-3-1-2-4-16(15)22(23)21(17)10-9-20(18)11-12-24-18/h1-8H,9-12H2. The molecule has 5 rings (SSSR count). The van der Waals surface area contributed by atoms with Crippen LogP contribution in [0.3, 0.4) is 0 Å². The van der Waals surface area contributed by atoms with Crippen molar-refractivity contribution in [3.63, 3.8) is 0 Å². The molecule has 2 aliphatic rings. The van der Waals surface area contributed by atoms with Gasteiger partial charge in [-0.05, 0) is 18.2 Å². The summed E-state index contributed by atoms with van der Waals surface area (Å²) in [5.74, 6) is 0. The summed E-state index contributed by atoms with van der Waals surface area (Å²) in [5, 5.41) is 14.4. The lowest BCUT2D eigenvalue weighted by Crippen LogP contribution is -2.54. The fraction of sp³-hybridized carbons (Fsp3) is 0.278. The maximum Gasteiger partial charge on any atom is 0.251 e. The summed E-state index contributed by atoms with van der Waals surface area (Å²) >= 11 is 6.08. The van der Waals surface area contributed by atoms with Crippen LogP contribution < -0.4 is 4.85 Å². The largest absolute Gasteiger partial charge is 0.595 e. The number of hydrogen-bond acceptors (Lipinski definition) is 3. The molecule has 2 aliphatic heterocycles. The first-order valence-electron chi connectivity index (χ1n) is 8.08. The SMILES string of the molecule is [O-][n+]1c2ccccc2c2n1CCN1CCOC21c1ccc(Cl)cc1. The molecular formula is C18H16ClN3O2. The van der Waals surface area contributed by atoms with Crippen molar-refractivity contribution in [1.82, 2.24) is 9.58 Å². The normalized spacial score (nSPS) is 23.4. The second-order valence-electron chi connectivity index (χ2n) is 6.25. The van der Waals surface area contributed by atoms with E-state index in [1.165, 1.54) is 0 Å². The summed E-state index contributed by atoms with van der Waals surface area (Å²) in [6.07, 6.45) is 0. The lowest BCUT2D eigenvalue weighted by atomic mass is 9.93. The lowest BCUT2D eigenvalue weighted by Gasteiger charge is -2.40. The Balaban J connectivity index is 1.87. The van der Waals surface area contributed by atoms with Crippen molar-refractivity contribution in [3.8, 4) is 0 Å². The molecule has 1 saturated heterocycles. The number of fused-ring (bicyclic) bond motifs is 5. The van der Waals surface area contributed by atoms with Crippen molar-refractivity contribution in [2.45, 2.75) is 12.3 Å². The Hall–Kier alpha value is -2.08. The van der Waals surface area contributed by atoms with Crippen molar-refractivity contribution in [1.29, 1.82) is 0 Å². The smallest absolute Gasteiger partial charge is 0.251 e. The van der Waals surface area contributed by atoms with Crippen LogP contribution in [0.25, 0.3) is 10.9 Å². The number of nitrogens with zero attached hydrogens (tertiary/aromatic N) is 3. The van der Waals surface area contributed by atoms with E-state index in [9.17, 15) is 5.21 Å². The van der Waals surface area contributed by atoms with Gasteiger partial charge in [0.2, 0.25) is 0 Å². The second kappa shape index (κ2) is 4.96. The number of aromatic nitrogens is 2. The van der Waals surface area contributed by atoms with Gasteiger partial charge in [0.1, 0.15) is 5.69 Å². The van der Waals surface area contributed by atoms with Gasteiger partial charge in [-0.15, -0.1) is 4.68 Å². The predicted octanol–water partition coefficient (Wildman–Crippen LogP) is 2.48. The molecule has 0 spiro atoms. The second-order valence-corrected chi connectivity index (χ2v) is 6.68. The third-order valence-electron chi connectivity index (χ3n) is 5.10. The van der Waals surface area contributed by atoms with Crippen LogP contribution in [0.1, 0.15) is 11.3 Å². The zero-order valence-electron chi connectivity index (χ0n) is 13.0. The van der Waals surface area contributed by atoms with Gasteiger partial charge >= 0.3 is 0 Å². The van der Waals surface area contributed by atoms with Crippen LogP contribution in [0.15, 0.2) is 48.5 Å². The highest BCUT2D eigenvalue weighted by molar-refractivity contribution is 6.30. The zero-order chi connectivity index (χ0) is 16.3. The van der Waals surface area contributed by atoms with E-state index in [1.807, 2.05) is 48.5 Å². The molecule has 0 aliphatic carbocycles. The van der Waals surface area contributed by atoms with E-state index in [-0.39, 0.29) is 0 Å². The van der Waals surface area contributed by atoms with E-state index in [1.54, 1.807) is 4.68 Å². The fourth-order valence-corrected chi connectivity index (χ4v) is 4.22. The first-order valence-corrected chi connectivity index (χ1v) is 8.46. The highest BCUT2D eigenvalue weighted by Crippen LogP contribution is 2.45. The summed E-state index contributed by atoms with van der Waals surface area (Å²) < 4.78 is 8.13. The molecule has 0 amide bonds. The average molecular weight is 342 g/mol. The minimum Gasteiger partial charge on any atom is -0.595 e. The van der Waals surface area contributed by atoms with Crippen LogP contribution in [0.2, 0.25) is 5.02 Å². The van der Waals surface area contributed by atoms with E-state index in [4.69, 9.17) is 16.3 Å². The van der Waals surface area contributed by atoms with Gasteiger partial charge in [0.15, 0.2) is 5.72 Å². The minimum atomic E-state index is -0.724. The Morgan fingerprint density at radius 3 is 2.67 bits per heavy atom. The van der Waals surface area contributed by atoms with Crippen molar-refractivity contribution in [2.24, 2.45) is 0 Å². The minimum absolute atomic E-state index is 0.640. The Bertz CT molecular complexity index is 937. The van der Waals surface area contributed by atoms with E-state index < -0.39 is 5.72 Å². The van der Waals surface area contributed by atoms with Crippen LogP contribution in [0.4, 0.5) is 0 Å². The third-order valence-corrected chi connectivity index (χ3v) is 5.35. The number of hydrogen-bond donors (Lipinski definition) is 0. The molecule has 24 heavy (non-hydrogen) atoms. The van der Waals surface area contributed by atoms with Crippen LogP contribution in [-0.2, 0) is 17.0 Å². The van der Waals surface area contributed by atoms with Crippen molar-refractivity contribution >= 4 is 22.5 Å². The molecule has 5 nitrogen and oxygen atoms in total. The Morgan fingerprint density at radius 1 is 1.04 bits per heavy atom. The first-order chi connectivity index (χ1) is 11.7. The Kier molecular flexibility index (Phi) is 2.95. The molecule has 1 fully saturated rings. The van der Waals surface area contributed by atoms with Crippen molar-refractivity contribution < 1.29 is 9.58 Å². The third kappa shape index (κ3) is 1.69. The summed E-state index contributed by atoms with van der Waals surface area (Å²) in [6, 6.07) is 15.5. The molecule has 1 unspecified atom stereocenters. The van der Waals surface area contributed by atoms with Crippen molar-refractivity contribution in [3.05, 3.63) is 70.0 Å². The highest BCUT2D eigenvalue weighted by Gasteiger charge is 2.53. The summed E-state index contributed by atoms with van der Waals surface area (Å²) in [6.45, 7) is 2.92. The van der Waals surface area contributed by atoms with Crippen LogP contribution in [-0.4, -0.2) is 29.3 Å². The maximum atomic E-state index is 12.8. The summed E-state index contributed by atoms with van der Waals surface area (Å²) in [7, 11) is 0. The van der Waals surface area contributed by atoms with Gasteiger partial charge in [0.05, 0.1) is 18.5 Å². The molecule has 0 saturated carbocycles. The monoisotopic (exact) mass is 341 g/mol. The van der Waals surface area contributed by atoms with E-state index in [2.05, 4.69) is 4.90 Å². The van der Waals surface area contributed by atoms with Gasteiger partial charge in [0, 0.05) is 29.7 Å². The Morgan fingerprint density at radius 2 is 1.83 bits per heavy atom. The predicted molar refractivity (Wildman–Crippen MR) is 90.7 cm³/mol. The molecular weight excluding hydrogens is 326 g/mol. The number of para-hydroxylation sites is 1. The number of benzene rings is 2. The quantitative estimate of drug-likeness (QED) is 0.504. The fourth-order valence-electron chi connectivity index (χ4n) is 4.09. The topological polar surface area (TPSA) is 44.3 Å². The van der Waals surface area contributed by atoms with Crippen LogP contribution in [0, 0.1) is 5.21 Å². The molecule has 122 valence electrons. The number of halogens is 1. The van der Waals surface area contributed by atoms with Gasteiger partial charge in [-0.1, -0.05) is 40.7 Å². The van der Waals surface area contributed by atoms with Gasteiger partial charge < -0.3 is 9.94 Å². The number of rotatable bonds is 1. The average Bonchev–Trinajstić information content (AvgIpc) is 3.16. The van der Waals surface area contributed by atoms with E-state index >= 15 is 0 Å². The Labute approximate surface area is 144 Å². The molecule has 1 aromatic heterocycles. The van der Waals surface area contributed by atoms with Crippen LogP contribution >= 0.6 is 11.6 Å². The van der Waals surface area contributed by atoms with E-state index in [0.717, 1.165) is 34.6 Å². The van der Waals surface area contributed by atoms with Crippen LogP contribution in [0.5, 0.6) is 0 Å². The van der Waals surface area contributed by atoms with Gasteiger partial charge in [-0.25, -0.2) is 0 Å². The van der Waals surface area contributed by atoms with Gasteiger partial charge in [-0.2, -0.15) is 0 Å². The highest BCUT2D eigenvalue weighted by atomic mass is 35.5. The summed E-state index contributed by atoms with van der Waals surface area (Å²) in [4.78, 5) is 3.32. The molecule has 3 heterocycles. The number of ether oxygens (including phenoxy) is 1. The molecule has 0 N–H and O–H groups in total. The molecule has 1 atom stereocenters. The molecule has 6 heteroatoms. The van der Waals surface area contributed by atoms with Gasteiger partial charge in [-0.3, -0.25) is 4.90 Å². The van der Waals surface area contributed by atoms with E-state index in [0.29, 0.717) is 23.7 Å². The first kappa shape index (κ1) is 14.3. The summed E-state index contributed by atoms with van der Waals surface area (Å²) in [5.41, 5.74) is 1.88. The molecule has 0 bridgehead atoms. The lowest BCUT2D eigenvalue weighted by molar-refractivity contribution is -0.673. The van der Waals surface area contributed by atoms with Crippen molar-refractivity contribution in [2.75, 3.05) is 19.7 Å². The molecule has 0 radical (unpaired) electrons. The zero-order valence-corrected chi connectivity index (χ0v) is 13.7. The van der Waals surface area contributed by atoms with Gasteiger partial charge in [0.25, 0.3) is 5.52 Å². The maximum absolute atomic E-state index is 12.8.